The highest BCUT2D eigenvalue weighted by molar-refractivity contribution is 5.43. The summed E-state index contributed by atoms with van der Waals surface area (Å²) in [6.07, 6.45) is 4.52. The lowest BCUT2D eigenvalue weighted by molar-refractivity contribution is 0.280. The fourth-order valence-electron chi connectivity index (χ4n) is 2.68. The normalized spacial score (nSPS) is 10.4. The molecule has 0 saturated heterocycles. The van der Waals surface area contributed by atoms with Crippen molar-refractivity contribution < 1.29 is 14.2 Å². The summed E-state index contributed by atoms with van der Waals surface area (Å²) in [7, 11) is 3.28. The smallest absolute Gasteiger partial charge is 0.161 e. The van der Waals surface area contributed by atoms with Gasteiger partial charge in [-0.3, -0.25) is 0 Å². The average molecular weight is 365 g/mol. The van der Waals surface area contributed by atoms with Gasteiger partial charge in [0.25, 0.3) is 0 Å². The summed E-state index contributed by atoms with van der Waals surface area (Å²) in [5.41, 5.74) is 2.99. The minimum atomic E-state index is 0.319. The van der Waals surface area contributed by atoms with Crippen LogP contribution >= 0.6 is 0 Å². The Kier molecular flexibility index (Phi) is 6.10. The van der Waals surface area contributed by atoms with Gasteiger partial charge in [-0.15, -0.1) is 11.7 Å². The Balaban J connectivity index is 1.61. The minimum Gasteiger partial charge on any atom is -0.497 e. The van der Waals surface area contributed by atoms with Crippen molar-refractivity contribution in [3.05, 3.63) is 78.1 Å². The Morgan fingerprint density at radius 2 is 1.78 bits per heavy atom. The third-order valence-corrected chi connectivity index (χ3v) is 4.07. The highest BCUT2D eigenvalue weighted by Crippen LogP contribution is 2.29. The first-order valence-corrected chi connectivity index (χ1v) is 8.64. The van der Waals surface area contributed by atoms with Crippen LogP contribution in [0.15, 0.2) is 61.3 Å². The summed E-state index contributed by atoms with van der Waals surface area (Å²) in [4.78, 5) is 0. The van der Waals surface area contributed by atoms with Crippen molar-refractivity contribution in [2.75, 3.05) is 14.2 Å². The third-order valence-electron chi connectivity index (χ3n) is 4.07. The molecule has 0 bridgehead atoms. The quantitative estimate of drug-likeness (QED) is 0.542. The van der Waals surface area contributed by atoms with Crippen LogP contribution in [0.3, 0.4) is 0 Å². The Hall–Kier alpha value is -3.28. The molecule has 27 heavy (non-hydrogen) atoms. The van der Waals surface area contributed by atoms with Crippen LogP contribution in [-0.2, 0) is 19.6 Å². The number of benzene rings is 2. The highest BCUT2D eigenvalue weighted by atomic mass is 16.5. The lowest BCUT2D eigenvalue weighted by Gasteiger charge is -2.10. The maximum absolute atomic E-state index is 5.86. The van der Waals surface area contributed by atoms with Crippen LogP contribution in [0.5, 0.6) is 17.2 Å². The summed E-state index contributed by atoms with van der Waals surface area (Å²) in [5.74, 6) is 2.20. The zero-order chi connectivity index (χ0) is 19.1. The highest BCUT2D eigenvalue weighted by Gasteiger charge is 2.08. The molecule has 2 aromatic carbocycles. The predicted octanol–water partition coefficient (Wildman–Crippen LogP) is 3.65. The van der Waals surface area contributed by atoms with E-state index in [4.69, 9.17) is 14.2 Å². The van der Waals surface area contributed by atoms with E-state index in [9.17, 15) is 0 Å². The second-order valence-corrected chi connectivity index (χ2v) is 6.02. The molecule has 6 heteroatoms. The molecule has 0 aliphatic carbocycles. The molecule has 140 valence electrons. The van der Waals surface area contributed by atoms with Gasteiger partial charge >= 0.3 is 0 Å². The van der Waals surface area contributed by atoms with Crippen molar-refractivity contribution in [2.24, 2.45) is 0 Å². The molecule has 0 fully saturated rings. The second-order valence-electron chi connectivity index (χ2n) is 6.02. The van der Waals surface area contributed by atoms with Crippen molar-refractivity contribution in [3.63, 3.8) is 0 Å². The van der Waals surface area contributed by atoms with Gasteiger partial charge in [-0.05, 0) is 41.8 Å². The van der Waals surface area contributed by atoms with E-state index in [0.717, 1.165) is 29.0 Å². The van der Waals surface area contributed by atoms with Crippen molar-refractivity contribution in [1.82, 2.24) is 15.0 Å². The molecule has 3 rings (SSSR count). The monoisotopic (exact) mass is 365 g/mol. The summed E-state index contributed by atoms with van der Waals surface area (Å²) in [6.45, 7) is 4.71. The lowest BCUT2D eigenvalue weighted by Crippen LogP contribution is -2.00. The number of rotatable bonds is 9. The van der Waals surface area contributed by atoms with Gasteiger partial charge in [0.05, 0.1) is 27.0 Å². The van der Waals surface area contributed by atoms with E-state index >= 15 is 0 Å². The molecule has 0 saturated carbocycles. The van der Waals surface area contributed by atoms with Crippen LogP contribution in [0.2, 0.25) is 0 Å². The van der Waals surface area contributed by atoms with Gasteiger partial charge in [0, 0.05) is 0 Å². The number of aromatic nitrogens is 3. The molecule has 0 unspecified atom stereocenters. The predicted molar refractivity (Wildman–Crippen MR) is 103 cm³/mol. The molecule has 6 nitrogen and oxygen atoms in total. The Morgan fingerprint density at radius 3 is 2.48 bits per heavy atom. The average Bonchev–Trinajstić information content (AvgIpc) is 3.15. The molecular weight excluding hydrogens is 342 g/mol. The van der Waals surface area contributed by atoms with Gasteiger partial charge in [-0.1, -0.05) is 29.5 Å². The van der Waals surface area contributed by atoms with Gasteiger partial charge in [0.1, 0.15) is 18.1 Å². The maximum Gasteiger partial charge on any atom is 0.161 e. The van der Waals surface area contributed by atoms with Crippen molar-refractivity contribution in [2.45, 2.75) is 19.6 Å². The van der Waals surface area contributed by atoms with Crippen LogP contribution in [0.25, 0.3) is 0 Å². The first-order chi connectivity index (χ1) is 13.2. The topological polar surface area (TPSA) is 58.4 Å². The fourth-order valence-corrected chi connectivity index (χ4v) is 2.68. The van der Waals surface area contributed by atoms with Gasteiger partial charge in [0.15, 0.2) is 11.5 Å². The number of methoxy groups -OCH3 is 2. The molecule has 0 N–H and O–H groups in total. The molecule has 3 aromatic rings. The number of ether oxygens (including phenoxy) is 3. The molecular formula is C21H23N3O3. The second kappa shape index (κ2) is 8.89. The van der Waals surface area contributed by atoms with Crippen LogP contribution < -0.4 is 14.2 Å². The van der Waals surface area contributed by atoms with Crippen molar-refractivity contribution in [3.8, 4) is 17.2 Å². The molecule has 1 aromatic heterocycles. The van der Waals surface area contributed by atoms with Gasteiger partial charge in [0.2, 0.25) is 0 Å². The van der Waals surface area contributed by atoms with Crippen molar-refractivity contribution >= 4 is 0 Å². The minimum absolute atomic E-state index is 0.319. The van der Waals surface area contributed by atoms with Crippen LogP contribution in [0.4, 0.5) is 0 Å². The Bertz CT molecular complexity index is 888. The lowest BCUT2D eigenvalue weighted by atomic mass is 10.1. The van der Waals surface area contributed by atoms with E-state index in [1.54, 1.807) is 18.9 Å². The largest absolute Gasteiger partial charge is 0.497 e. The Morgan fingerprint density at radius 1 is 1.00 bits per heavy atom. The number of hydrogen-bond donors (Lipinski definition) is 0. The number of allylic oxidation sites excluding steroid dienone is 1. The summed E-state index contributed by atoms with van der Waals surface area (Å²) < 4.78 is 18.2. The van der Waals surface area contributed by atoms with Crippen LogP contribution in [0.1, 0.15) is 16.8 Å². The molecule has 0 atom stereocenters. The molecule has 0 amide bonds. The molecule has 1 heterocycles. The molecule has 0 aliphatic rings. The first-order valence-electron chi connectivity index (χ1n) is 8.64. The van der Waals surface area contributed by atoms with E-state index in [2.05, 4.69) is 16.9 Å². The van der Waals surface area contributed by atoms with Crippen LogP contribution in [-0.4, -0.2) is 29.2 Å². The van der Waals surface area contributed by atoms with Crippen molar-refractivity contribution in [1.29, 1.82) is 0 Å². The fraction of sp³-hybridized carbons (Fsp3) is 0.238. The van der Waals surface area contributed by atoms with E-state index in [-0.39, 0.29) is 0 Å². The summed E-state index contributed by atoms with van der Waals surface area (Å²) >= 11 is 0. The van der Waals surface area contributed by atoms with E-state index in [1.165, 1.54) is 0 Å². The third kappa shape index (κ3) is 4.88. The summed E-state index contributed by atoms with van der Waals surface area (Å²) in [5, 5.41) is 8.33. The van der Waals surface area contributed by atoms with Crippen LogP contribution in [0, 0.1) is 0 Å². The van der Waals surface area contributed by atoms with Gasteiger partial charge < -0.3 is 14.2 Å². The van der Waals surface area contributed by atoms with E-state index in [0.29, 0.717) is 24.7 Å². The molecule has 0 aliphatic heterocycles. The zero-order valence-electron chi connectivity index (χ0n) is 15.6. The molecule has 0 radical (unpaired) electrons. The van der Waals surface area contributed by atoms with Gasteiger partial charge in [-0.2, -0.15) is 0 Å². The Labute approximate surface area is 159 Å². The number of hydrogen-bond acceptors (Lipinski definition) is 5. The first kappa shape index (κ1) is 18.5. The van der Waals surface area contributed by atoms with Gasteiger partial charge in [-0.25, -0.2) is 4.68 Å². The maximum atomic E-state index is 5.86. The SMILES string of the molecule is C=CCc1ccc(OCc2cn(Cc3ccc(OC)cc3)nn2)c(OC)c1. The zero-order valence-corrected chi connectivity index (χ0v) is 15.6. The van der Waals surface area contributed by atoms with E-state index in [1.807, 2.05) is 54.7 Å². The summed E-state index contributed by atoms with van der Waals surface area (Å²) in [6, 6.07) is 13.7. The standard InChI is InChI=1S/C21H23N3O3/c1-4-5-16-8-11-20(21(12-16)26-3)27-15-18-14-24(23-22-18)13-17-6-9-19(25-2)10-7-17/h4,6-12,14H,1,5,13,15H2,2-3H3. The number of nitrogens with zero attached hydrogens (tertiary/aromatic N) is 3. The molecule has 0 spiro atoms. The van der Waals surface area contributed by atoms with E-state index < -0.39 is 0 Å².